The van der Waals surface area contributed by atoms with Crippen LogP contribution in [0.15, 0.2) is 30.3 Å². The lowest BCUT2D eigenvalue weighted by atomic mass is 10.1. The first-order valence-electron chi connectivity index (χ1n) is 5.21. The third-order valence-corrected chi connectivity index (χ3v) is 2.46. The summed E-state index contributed by atoms with van der Waals surface area (Å²) >= 11 is 0. The summed E-state index contributed by atoms with van der Waals surface area (Å²) in [6.45, 7) is 2.57. The molecular weight excluding hydrogens is 204 g/mol. The van der Waals surface area contributed by atoms with Crippen molar-refractivity contribution >= 4 is 11.6 Å². The monoisotopic (exact) mass is 218 g/mol. The minimum absolute atomic E-state index is 0.0760. The summed E-state index contributed by atoms with van der Waals surface area (Å²) in [5.41, 5.74) is 1.30. The maximum atomic E-state index is 11.5. The molecule has 1 aromatic carbocycles. The second kappa shape index (κ2) is 4.26. The molecule has 1 unspecified atom stereocenters. The van der Waals surface area contributed by atoms with Crippen molar-refractivity contribution in [3.05, 3.63) is 35.9 Å². The molecule has 16 heavy (non-hydrogen) atoms. The highest BCUT2D eigenvalue weighted by Crippen LogP contribution is 2.23. The summed E-state index contributed by atoms with van der Waals surface area (Å²) in [5.74, 6) is 0.0272. The van der Waals surface area contributed by atoms with E-state index in [1.165, 1.54) is 6.08 Å². The largest absolute Gasteiger partial charge is 0.507 e. The van der Waals surface area contributed by atoms with Gasteiger partial charge in [-0.1, -0.05) is 12.1 Å². The Morgan fingerprint density at radius 2 is 2.12 bits per heavy atom. The van der Waals surface area contributed by atoms with Crippen molar-refractivity contribution in [2.45, 2.75) is 13.0 Å². The number of nitrogens with one attached hydrogen (secondary N) is 2. The summed E-state index contributed by atoms with van der Waals surface area (Å²) in [4.78, 5) is 11.5. The number of para-hydroxylation sites is 1. The Balaban J connectivity index is 2.34. The third kappa shape index (κ3) is 2.16. The number of benzene rings is 1. The van der Waals surface area contributed by atoms with Crippen LogP contribution >= 0.6 is 0 Å². The SMILES string of the molecule is CC1CNC(c2ccccc2O)=CC(=O)N1. The van der Waals surface area contributed by atoms with Crippen LogP contribution in [0.3, 0.4) is 0 Å². The standard InChI is InChI=1S/C12H14N2O2/c1-8-7-13-10(6-12(16)14-8)9-4-2-3-5-11(9)15/h2-6,8,13,15H,7H2,1H3,(H,14,16). The highest BCUT2D eigenvalue weighted by atomic mass is 16.3. The van der Waals surface area contributed by atoms with Gasteiger partial charge in [0.2, 0.25) is 5.91 Å². The Morgan fingerprint density at radius 1 is 1.38 bits per heavy atom. The number of rotatable bonds is 1. The summed E-state index contributed by atoms with van der Waals surface area (Å²) in [6.07, 6.45) is 1.47. The van der Waals surface area contributed by atoms with E-state index < -0.39 is 0 Å². The Hall–Kier alpha value is -1.97. The van der Waals surface area contributed by atoms with E-state index in [0.717, 1.165) is 0 Å². The van der Waals surface area contributed by atoms with Crippen molar-refractivity contribution in [2.24, 2.45) is 0 Å². The van der Waals surface area contributed by atoms with Gasteiger partial charge in [0, 0.05) is 24.2 Å². The van der Waals surface area contributed by atoms with Gasteiger partial charge in [-0.3, -0.25) is 4.79 Å². The molecule has 1 atom stereocenters. The number of carbonyl (C=O) groups excluding carboxylic acids is 1. The molecule has 0 saturated carbocycles. The second-order valence-corrected chi connectivity index (χ2v) is 3.87. The lowest BCUT2D eigenvalue weighted by Gasteiger charge is -2.12. The molecule has 1 aliphatic rings. The van der Waals surface area contributed by atoms with Gasteiger partial charge in [0.25, 0.3) is 0 Å². The smallest absolute Gasteiger partial charge is 0.246 e. The third-order valence-electron chi connectivity index (χ3n) is 2.46. The van der Waals surface area contributed by atoms with Gasteiger partial charge in [0.05, 0.1) is 5.70 Å². The van der Waals surface area contributed by atoms with Gasteiger partial charge in [-0.05, 0) is 19.1 Å². The van der Waals surface area contributed by atoms with E-state index in [-0.39, 0.29) is 17.7 Å². The second-order valence-electron chi connectivity index (χ2n) is 3.87. The first-order valence-corrected chi connectivity index (χ1v) is 5.21. The molecule has 4 heteroatoms. The first kappa shape index (κ1) is 10.5. The Morgan fingerprint density at radius 3 is 2.88 bits per heavy atom. The highest BCUT2D eigenvalue weighted by Gasteiger charge is 2.15. The highest BCUT2D eigenvalue weighted by molar-refractivity contribution is 5.96. The summed E-state index contributed by atoms with van der Waals surface area (Å²) in [5, 5.41) is 15.6. The minimum Gasteiger partial charge on any atom is -0.507 e. The van der Waals surface area contributed by atoms with E-state index in [9.17, 15) is 9.90 Å². The molecule has 0 radical (unpaired) electrons. The van der Waals surface area contributed by atoms with Crippen LogP contribution in [0, 0.1) is 0 Å². The molecule has 3 N–H and O–H groups in total. The summed E-state index contributed by atoms with van der Waals surface area (Å²) in [7, 11) is 0. The van der Waals surface area contributed by atoms with Crippen LogP contribution in [-0.4, -0.2) is 23.6 Å². The van der Waals surface area contributed by atoms with Crippen LogP contribution in [0.2, 0.25) is 0 Å². The predicted molar refractivity (Wildman–Crippen MR) is 61.7 cm³/mol. The number of hydrogen-bond acceptors (Lipinski definition) is 3. The molecule has 0 aromatic heterocycles. The Kier molecular flexibility index (Phi) is 2.81. The number of phenolic OH excluding ortho intramolecular Hbond substituents is 1. The maximum absolute atomic E-state index is 11.5. The van der Waals surface area contributed by atoms with Crippen molar-refractivity contribution in [1.82, 2.24) is 10.6 Å². The molecule has 0 aliphatic carbocycles. The summed E-state index contributed by atoms with van der Waals surface area (Å²) < 4.78 is 0. The van der Waals surface area contributed by atoms with Crippen LogP contribution in [0.25, 0.3) is 5.70 Å². The molecule has 84 valence electrons. The molecule has 0 fully saturated rings. The molecule has 2 rings (SSSR count). The molecule has 1 heterocycles. The lowest BCUT2D eigenvalue weighted by Crippen LogP contribution is -2.35. The van der Waals surface area contributed by atoms with Crippen LogP contribution < -0.4 is 10.6 Å². The normalized spacial score (nSPS) is 20.4. The van der Waals surface area contributed by atoms with Gasteiger partial charge in [-0.25, -0.2) is 0 Å². The van der Waals surface area contributed by atoms with E-state index >= 15 is 0 Å². The quantitative estimate of drug-likeness (QED) is 0.654. The van der Waals surface area contributed by atoms with Crippen LogP contribution in [-0.2, 0) is 4.79 Å². The van der Waals surface area contributed by atoms with Crippen LogP contribution in [0.4, 0.5) is 0 Å². The molecule has 4 nitrogen and oxygen atoms in total. The van der Waals surface area contributed by atoms with Crippen LogP contribution in [0.5, 0.6) is 5.75 Å². The Labute approximate surface area is 94.0 Å². The predicted octanol–water partition coefficient (Wildman–Crippen LogP) is 0.841. The van der Waals surface area contributed by atoms with E-state index in [2.05, 4.69) is 10.6 Å². The average Bonchev–Trinajstić information content (AvgIpc) is 2.40. The van der Waals surface area contributed by atoms with Crippen molar-refractivity contribution < 1.29 is 9.90 Å². The molecule has 0 bridgehead atoms. The van der Waals surface area contributed by atoms with Crippen molar-refractivity contribution in [3.8, 4) is 5.75 Å². The molecule has 1 aliphatic heterocycles. The van der Waals surface area contributed by atoms with Crippen molar-refractivity contribution in [3.63, 3.8) is 0 Å². The fourth-order valence-corrected chi connectivity index (χ4v) is 1.66. The zero-order chi connectivity index (χ0) is 11.5. The fraction of sp³-hybridized carbons (Fsp3) is 0.250. The zero-order valence-corrected chi connectivity index (χ0v) is 9.03. The number of carbonyl (C=O) groups is 1. The summed E-state index contributed by atoms with van der Waals surface area (Å²) in [6, 6.07) is 7.02. The van der Waals surface area contributed by atoms with Crippen molar-refractivity contribution in [2.75, 3.05) is 6.54 Å². The fourth-order valence-electron chi connectivity index (χ4n) is 1.66. The lowest BCUT2D eigenvalue weighted by molar-refractivity contribution is -0.116. The van der Waals surface area contributed by atoms with Crippen LogP contribution in [0.1, 0.15) is 12.5 Å². The Bertz CT molecular complexity index is 440. The minimum atomic E-state index is -0.143. The molecule has 1 aromatic rings. The molecule has 0 saturated heterocycles. The van der Waals surface area contributed by atoms with Crippen molar-refractivity contribution in [1.29, 1.82) is 0 Å². The van der Waals surface area contributed by atoms with Gasteiger partial charge < -0.3 is 15.7 Å². The van der Waals surface area contributed by atoms with Gasteiger partial charge in [0.1, 0.15) is 5.75 Å². The van der Waals surface area contributed by atoms with E-state index in [4.69, 9.17) is 0 Å². The first-order chi connectivity index (χ1) is 7.66. The van der Waals surface area contributed by atoms with Gasteiger partial charge in [0.15, 0.2) is 0 Å². The number of amides is 1. The number of hydrogen-bond donors (Lipinski definition) is 3. The maximum Gasteiger partial charge on any atom is 0.246 e. The topological polar surface area (TPSA) is 61.4 Å². The van der Waals surface area contributed by atoms with E-state index in [1.54, 1.807) is 18.2 Å². The van der Waals surface area contributed by atoms with Gasteiger partial charge in [-0.15, -0.1) is 0 Å². The molecule has 0 spiro atoms. The molecule has 1 amide bonds. The average molecular weight is 218 g/mol. The number of phenols is 1. The van der Waals surface area contributed by atoms with E-state index in [0.29, 0.717) is 17.8 Å². The number of aromatic hydroxyl groups is 1. The van der Waals surface area contributed by atoms with Gasteiger partial charge in [-0.2, -0.15) is 0 Å². The van der Waals surface area contributed by atoms with Gasteiger partial charge >= 0.3 is 0 Å². The molecular formula is C12H14N2O2. The zero-order valence-electron chi connectivity index (χ0n) is 9.03. The van der Waals surface area contributed by atoms with E-state index in [1.807, 2.05) is 13.0 Å².